The monoisotopic (exact) mass is 438 g/mol. The zero-order valence-electron chi connectivity index (χ0n) is 18.0. The van der Waals surface area contributed by atoms with Gasteiger partial charge in [0.2, 0.25) is 10.0 Å². The van der Waals surface area contributed by atoms with Gasteiger partial charge in [0.05, 0.1) is 6.26 Å². The van der Waals surface area contributed by atoms with E-state index in [1.807, 2.05) is 31.2 Å². The fraction of sp³-hybridized carbons (Fsp3) is 0.667. The molecule has 0 unspecified atom stereocenters. The molecule has 0 spiro atoms. The van der Waals surface area contributed by atoms with Crippen LogP contribution in [-0.2, 0) is 14.8 Å². The normalized spacial score (nSPS) is 19.7. The summed E-state index contributed by atoms with van der Waals surface area (Å²) < 4.78 is 30.7. The number of hydrogen-bond donors (Lipinski definition) is 2. The molecule has 9 heteroatoms. The van der Waals surface area contributed by atoms with Crippen molar-refractivity contribution in [1.82, 2.24) is 14.5 Å². The average Bonchev–Trinajstić information content (AvgIpc) is 2.73. The fourth-order valence-corrected chi connectivity index (χ4v) is 5.24. The van der Waals surface area contributed by atoms with Crippen LogP contribution in [0.4, 0.5) is 10.5 Å². The maximum Gasteiger partial charge on any atom is 0.319 e. The highest BCUT2D eigenvalue weighted by molar-refractivity contribution is 7.88. The standard InChI is InChI=1S/C21H34N4O4S/c1-17-5-3-4-6-20(17)23-21(26)22-11-14-25(19-9-15-29-16-10-19)18-7-12-24(13-8-18)30(2,27)28/h3-6,18-19H,7-16H2,1-2H3,(H2,22,23,26). The van der Waals surface area contributed by atoms with Crippen LogP contribution in [0.2, 0.25) is 0 Å². The van der Waals surface area contributed by atoms with Gasteiger partial charge in [0.1, 0.15) is 0 Å². The Morgan fingerprint density at radius 2 is 1.77 bits per heavy atom. The topological polar surface area (TPSA) is 91.0 Å². The van der Waals surface area contributed by atoms with Gasteiger partial charge in [-0.2, -0.15) is 0 Å². The Balaban J connectivity index is 1.54. The Labute approximate surface area is 180 Å². The van der Waals surface area contributed by atoms with Crippen LogP contribution in [0.15, 0.2) is 24.3 Å². The summed E-state index contributed by atoms with van der Waals surface area (Å²) in [6, 6.07) is 8.23. The number of rotatable bonds is 7. The lowest BCUT2D eigenvalue weighted by molar-refractivity contribution is 0.00778. The molecule has 2 fully saturated rings. The first-order valence-electron chi connectivity index (χ1n) is 10.7. The molecule has 2 saturated heterocycles. The van der Waals surface area contributed by atoms with Gasteiger partial charge < -0.3 is 15.4 Å². The highest BCUT2D eigenvalue weighted by atomic mass is 32.2. The van der Waals surface area contributed by atoms with Gasteiger partial charge in [0.15, 0.2) is 0 Å². The van der Waals surface area contributed by atoms with Crippen LogP contribution in [0.25, 0.3) is 0 Å². The molecule has 0 aliphatic carbocycles. The van der Waals surface area contributed by atoms with Crippen molar-refractivity contribution in [3.05, 3.63) is 29.8 Å². The van der Waals surface area contributed by atoms with E-state index < -0.39 is 10.0 Å². The molecule has 0 saturated carbocycles. The molecule has 2 aliphatic rings. The van der Waals surface area contributed by atoms with Gasteiger partial charge in [0, 0.05) is 57.2 Å². The third kappa shape index (κ3) is 6.41. The average molecular weight is 439 g/mol. The maximum atomic E-state index is 12.3. The van der Waals surface area contributed by atoms with Gasteiger partial charge in [-0.1, -0.05) is 18.2 Å². The summed E-state index contributed by atoms with van der Waals surface area (Å²) in [5.41, 5.74) is 1.83. The van der Waals surface area contributed by atoms with E-state index in [1.54, 1.807) is 4.31 Å². The number of carbonyl (C=O) groups excluding carboxylic acids is 1. The smallest absolute Gasteiger partial charge is 0.319 e. The number of nitrogens with zero attached hydrogens (tertiary/aromatic N) is 2. The summed E-state index contributed by atoms with van der Waals surface area (Å²) >= 11 is 0. The zero-order chi connectivity index (χ0) is 21.6. The molecule has 0 bridgehead atoms. The van der Waals surface area contributed by atoms with Crippen LogP contribution in [0.1, 0.15) is 31.2 Å². The minimum atomic E-state index is -3.13. The van der Waals surface area contributed by atoms with Crippen molar-refractivity contribution in [2.75, 3.05) is 51.0 Å². The van der Waals surface area contributed by atoms with Gasteiger partial charge in [-0.25, -0.2) is 17.5 Å². The first kappa shape index (κ1) is 23.0. The molecular weight excluding hydrogens is 404 g/mol. The predicted molar refractivity (Wildman–Crippen MR) is 118 cm³/mol. The second-order valence-corrected chi connectivity index (χ2v) is 10.2. The summed E-state index contributed by atoms with van der Waals surface area (Å²) in [4.78, 5) is 14.8. The second kappa shape index (κ2) is 10.6. The van der Waals surface area contributed by atoms with E-state index in [-0.39, 0.29) is 6.03 Å². The first-order chi connectivity index (χ1) is 14.3. The Kier molecular flexibility index (Phi) is 8.10. The fourth-order valence-electron chi connectivity index (χ4n) is 4.36. The van der Waals surface area contributed by atoms with Crippen LogP contribution < -0.4 is 10.6 Å². The molecule has 1 aromatic rings. The van der Waals surface area contributed by atoms with Crippen molar-refractivity contribution < 1.29 is 17.9 Å². The van der Waals surface area contributed by atoms with E-state index in [9.17, 15) is 13.2 Å². The van der Waals surface area contributed by atoms with Crippen molar-refractivity contribution in [1.29, 1.82) is 0 Å². The number of amides is 2. The molecule has 0 atom stereocenters. The quantitative estimate of drug-likeness (QED) is 0.680. The first-order valence-corrected chi connectivity index (χ1v) is 12.6. The number of ether oxygens (including phenoxy) is 1. The Morgan fingerprint density at radius 3 is 2.40 bits per heavy atom. The molecule has 3 rings (SSSR count). The number of sulfonamides is 1. The third-order valence-corrected chi connectivity index (χ3v) is 7.37. The molecule has 2 aliphatic heterocycles. The number of carbonyl (C=O) groups is 1. The lowest BCUT2D eigenvalue weighted by Crippen LogP contribution is -2.53. The second-order valence-electron chi connectivity index (χ2n) is 8.17. The minimum Gasteiger partial charge on any atom is -0.381 e. The molecule has 2 amide bonds. The summed E-state index contributed by atoms with van der Waals surface area (Å²) in [5.74, 6) is 0. The van der Waals surface area contributed by atoms with Crippen molar-refractivity contribution in [2.45, 2.75) is 44.7 Å². The Hall–Kier alpha value is -1.68. The zero-order valence-corrected chi connectivity index (χ0v) is 18.8. The van der Waals surface area contributed by atoms with Gasteiger partial charge in [-0.15, -0.1) is 0 Å². The van der Waals surface area contributed by atoms with E-state index in [2.05, 4.69) is 15.5 Å². The number of anilines is 1. The molecule has 2 heterocycles. The van der Waals surface area contributed by atoms with Crippen LogP contribution in [-0.4, -0.2) is 81.4 Å². The summed E-state index contributed by atoms with van der Waals surface area (Å²) in [7, 11) is -3.13. The highest BCUT2D eigenvalue weighted by Crippen LogP contribution is 2.24. The van der Waals surface area contributed by atoms with E-state index in [4.69, 9.17) is 4.74 Å². The number of piperidine rings is 1. The number of urea groups is 1. The van der Waals surface area contributed by atoms with E-state index in [0.717, 1.165) is 56.7 Å². The molecule has 0 radical (unpaired) electrons. The lowest BCUT2D eigenvalue weighted by Gasteiger charge is -2.43. The predicted octanol–water partition coefficient (Wildman–Crippen LogP) is 2.02. The van der Waals surface area contributed by atoms with Crippen LogP contribution >= 0.6 is 0 Å². The molecule has 168 valence electrons. The van der Waals surface area contributed by atoms with Crippen molar-refractivity contribution in [3.63, 3.8) is 0 Å². The number of aryl methyl sites for hydroxylation is 1. The van der Waals surface area contributed by atoms with E-state index >= 15 is 0 Å². The minimum absolute atomic E-state index is 0.205. The largest absolute Gasteiger partial charge is 0.381 e. The molecule has 8 nitrogen and oxygen atoms in total. The molecule has 30 heavy (non-hydrogen) atoms. The van der Waals surface area contributed by atoms with Gasteiger partial charge in [0.25, 0.3) is 0 Å². The molecule has 0 aromatic heterocycles. The van der Waals surface area contributed by atoms with Crippen LogP contribution in [0.3, 0.4) is 0 Å². The molecule has 2 N–H and O–H groups in total. The highest BCUT2D eigenvalue weighted by Gasteiger charge is 2.32. The number of benzene rings is 1. The summed E-state index contributed by atoms with van der Waals surface area (Å²) in [6.07, 6.45) is 4.86. The van der Waals surface area contributed by atoms with Crippen molar-refractivity contribution >= 4 is 21.7 Å². The number of para-hydroxylation sites is 1. The maximum absolute atomic E-state index is 12.3. The molecule has 1 aromatic carbocycles. The molecular formula is C21H34N4O4S. The van der Waals surface area contributed by atoms with Crippen molar-refractivity contribution in [2.24, 2.45) is 0 Å². The number of hydrogen-bond acceptors (Lipinski definition) is 5. The van der Waals surface area contributed by atoms with Crippen LogP contribution in [0, 0.1) is 6.92 Å². The van der Waals surface area contributed by atoms with E-state index in [1.165, 1.54) is 6.26 Å². The third-order valence-electron chi connectivity index (χ3n) is 6.07. The van der Waals surface area contributed by atoms with Crippen LogP contribution in [0.5, 0.6) is 0 Å². The summed E-state index contributed by atoms with van der Waals surface area (Å²) in [6.45, 7) is 5.88. The number of nitrogens with one attached hydrogen (secondary N) is 2. The van der Waals surface area contributed by atoms with Gasteiger partial charge in [-0.3, -0.25) is 4.90 Å². The van der Waals surface area contributed by atoms with E-state index in [0.29, 0.717) is 31.7 Å². The Bertz CT molecular complexity index is 803. The van der Waals surface area contributed by atoms with Crippen molar-refractivity contribution in [3.8, 4) is 0 Å². The SMILES string of the molecule is Cc1ccccc1NC(=O)NCCN(C1CCOCC1)C1CCN(S(C)(=O)=O)CC1. The Morgan fingerprint density at radius 1 is 1.13 bits per heavy atom. The van der Waals surface area contributed by atoms with Gasteiger partial charge >= 0.3 is 6.03 Å². The summed E-state index contributed by atoms with van der Waals surface area (Å²) in [5, 5.41) is 5.87. The lowest BCUT2D eigenvalue weighted by atomic mass is 9.99. The van der Waals surface area contributed by atoms with Gasteiger partial charge in [-0.05, 0) is 44.2 Å².